The maximum atomic E-state index is 9.17. The van der Waals surface area contributed by atoms with Gasteiger partial charge in [0.25, 0.3) is 0 Å². The van der Waals surface area contributed by atoms with Crippen molar-refractivity contribution in [2.75, 3.05) is 12.3 Å². The Morgan fingerprint density at radius 1 is 1.53 bits per heavy atom. The fraction of sp³-hybridized carbons (Fsp3) is 0.273. The molecule has 1 aromatic carbocycles. The summed E-state index contributed by atoms with van der Waals surface area (Å²) >= 11 is 5.82. The maximum Gasteiger partial charge on any atom is 0.139 e. The first-order chi connectivity index (χ1) is 6.93. The molecule has 0 radical (unpaired) electrons. The minimum atomic E-state index is 0.00463. The van der Waals surface area contributed by atoms with Crippen LogP contribution in [0.4, 0.5) is 5.69 Å². The Morgan fingerprint density at radius 2 is 2.00 bits per heavy atom. The van der Waals surface area contributed by atoms with Crippen LogP contribution in [0.3, 0.4) is 0 Å². The summed E-state index contributed by atoms with van der Waals surface area (Å²) in [5, 5.41) is 17.2. The highest BCUT2D eigenvalue weighted by Gasteiger charge is 2.05. The van der Waals surface area contributed by atoms with Gasteiger partial charge in [0.2, 0.25) is 0 Å². The van der Waals surface area contributed by atoms with Gasteiger partial charge in [-0.15, -0.1) is 0 Å². The normalized spacial score (nSPS) is 9.07. The average molecular weight is 230 g/mol. The standard InChI is InChI=1S/C9H10ClNO.C2H6O/c1-5(2)6-3-8(11)9(12)4-7(6)10;1-2-3/h3-4,12H,1,11H2,2H3;3H,2H2,1H3. The number of rotatable bonds is 1. The third-order valence-corrected chi connectivity index (χ3v) is 1.89. The summed E-state index contributed by atoms with van der Waals surface area (Å²) in [6, 6.07) is 3.03. The number of hydrogen-bond donors (Lipinski definition) is 3. The number of anilines is 1. The Hall–Kier alpha value is -1.19. The molecule has 0 spiro atoms. The van der Waals surface area contributed by atoms with Crippen molar-refractivity contribution >= 4 is 22.9 Å². The van der Waals surface area contributed by atoms with Crippen molar-refractivity contribution in [3.05, 3.63) is 29.3 Å². The van der Waals surface area contributed by atoms with Crippen molar-refractivity contribution in [1.29, 1.82) is 0 Å². The van der Waals surface area contributed by atoms with Gasteiger partial charge in [-0.3, -0.25) is 0 Å². The SMILES string of the molecule is C=C(C)c1cc(N)c(O)cc1Cl.CCO. The second-order valence-corrected chi connectivity index (χ2v) is 3.39. The third-order valence-electron chi connectivity index (χ3n) is 1.58. The van der Waals surface area contributed by atoms with E-state index in [1.54, 1.807) is 13.0 Å². The quantitative estimate of drug-likeness (QED) is 0.512. The van der Waals surface area contributed by atoms with Crippen LogP contribution in [0.15, 0.2) is 18.7 Å². The van der Waals surface area contributed by atoms with Crippen LogP contribution in [-0.4, -0.2) is 16.8 Å². The zero-order valence-electron chi connectivity index (χ0n) is 8.92. The van der Waals surface area contributed by atoms with Gasteiger partial charge in [0.05, 0.1) is 10.7 Å². The second kappa shape index (κ2) is 6.32. The molecule has 0 aliphatic rings. The minimum absolute atomic E-state index is 0.00463. The smallest absolute Gasteiger partial charge is 0.139 e. The highest BCUT2D eigenvalue weighted by atomic mass is 35.5. The lowest BCUT2D eigenvalue weighted by Gasteiger charge is -2.05. The van der Waals surface area contributed by atoms with Gasteiger partial charge in [0, 0.05) is 12.7 Å². The zero-order chi connectivity index (χ0) is 12.0. The van der Waals surface area contributed by atoms with Gasteiger partial charge in [0.15, 0.2) is 0 Å². The largest absolute Gasteiger partial charge is 0.506 e. The fourth-order valence-corrected chi connectivity index (χ4v) is 1.23. The lowest BCUT2D eigenvalue weighted by Crippen LogP contribution is -1.89. The molecular weight excluding hydrogens is 214 g/mol. The van der Waals surface area contributed by atoms with Gasteiger partial charge >= 0.3 is 0 Å². The molecule has 4 heteroatoms. The molecule has 0 fully saturated rings. The van der Waals surface area contributed by atoms with Crippen molar-refractivity contribution in [3.8, 4) is 5.75 Å². The summed E-state index contributed by atoms with van der Waals surface area (Å²) in [6.45, 7) is 7.50. The van der Waals surface area contributed by atoms with Crippen LogP contribution in [0, 0.1) is 0 Å². The number of hydrogen-bond acceptors (Lipinski definition) is 3. The Kier molecular flexibility index (Phi) is 5.82. The average Bonchev–Trinajstić information content (AvgIpc) is 2.12. The molecule has 0 saturated heterocycles. The third kappa shape index (κ3) is 4.23. The zero-order valence-corrected chi connectivity index (χ0v) is 9.67. The number of allylic oxidation sites excluding steroid dienone is 1. The van der Waals surface area contributed by atoms with E-state index < -0.39 is 0 Å². The Balaban J connectivity index is 0.000000583. The monoisotopic (exact) mass is 229 g/mol. The van der Waals surface area contributed by atoms with Crippen LogP contribution < -0.4 is 5.73 Å². The number of nitrogen functional groups attached to an aromatic ring is 1. The van der Waals surface area contributed by atoms with E-state index in [0.717, 1.165) is 11.1 Å². The van der Waals surface area contributed by atoms with Crippen molar-refractivity contribution in [2.24, 2.45) is 0 Å². The van der Waals surface area contributed by atoms with E-state index in [2.05, 4.69) is 6.58 Å². The predicted octanol–water partition coefficient (Wildman–Crippen LogP) is 2.66. The molecule has 3 nitrogen and oxygen atoms in total. The van der Waals surface area contributed by atoms with Crippen LogP contribution in [0.2, 0.25) is 5.02 Å². The lowest BCUT2D eigenvalue weighted by molar-refractivity contribution is 0.318. The number of benzene rings is 1. The highest BCUT2D eigenvalue weighted by Crippen LogP contribution is 2.31. The summed E-state index contributed by atoms with van der Waals surface area (Å²) in [6.07, 6.45) is 0. The Bertz CT molecular complexity index is 351. The fourth-order valence-electron chi connectivity index (χ4n) is 0.907. The van der Waals surface area contributed by atoms with Gasteiger partial charge in [-0.1, -0.05) is 18.2 Å². The van der Waals surface area contributed by atoms with Crippen LogP contribution in [-0.2, 0) is 0 Å². The molecule has 0 aliphatic carbocycles. The molecule has 84 valence electrons. The second-order valence-electron chi connectivity index (χ2n) is 2.99. The first-order valence-electron chi connectivity index (χ1n) is 4.48. The van der Waals surface area contributed by atoms with Crippen LogP contribution in [0.5, 0.6) is 5.75 Å². The number of aliphatic hydroxyl groups excluding tert-OH is 1. The van der Waals surface area contributed by atoms with E-state index >= 15 is 0 Å². The summed E-state index contributed by atoms with van der Waals surface area (Å²) in [5.74, 6) is 0.00463. The molecular formula is C11H16ClNO2. The summed E-state index contributed by atoms with van der Waals surface area (Å²) in [4.78, 5) is 0. The number of aliphatic hydroxyl groups is 1. The number of aromatic hydroxyl groups is 1. The number of halogens is 1. The van der Waals surface area contributed by atoms with E-state index in [-0.39, 0.29) is 12.4 Å². The summed E-state index contributed by atoms with van der Waals surface area (Å²) in [5.41, 5.74) is 7.39. The molecule has 1 rings (SSSR count). The molecule has 0 heterocycles. The molecule has 0 aromatic heterocycles. The van der Waals surface area contributed by atoms with Gasteiger partial charge in [-0.05, 0) is 31.1 Å². The molecule has 1 aromatic rings. The van der Waals surface area contributed by atoms with E-state index in [0.29, 0.717) is 10.7 Å². The first kappa shape index (κ1) is 13.8. The predicted molar refractivity (Wildman–Crippen MR) is 65.0 cm³/mol. The van der Waals surface area contributed by atoms with Crippen molar-refractivity contribution in [3.63, 3.8) is 0 Å². The van der Waals surface area contributed by atoms with Crippen molar-refractivity contribution in [2.45, 2.75) is 13.8 Å². The Labute approximate surface area is 94.8 Å². The molecule has 0 aliphatic heterocycles. The molecule has 15 heavy (non-hydrogen) atoms. The molecule has 4 N–H and O–H groups in total. The van der Waals surface area contributed by atoms with E-state index in [1.165, 1.54) is 6.07 Å². The molecule has 0 saturated carbocycles. The minimum Gasteiger partial charge on any atom is -0.506 e. The number of phenols is 1. The van der Waals surface area contributed by atoms with Gasteiger partial charge in [0.1, 0.15) is 5.75 Å². The van der Waals surface area contributed by atoms with Crippen molar-refractivity contribution in [1.82, 2.24) is 0 Å². The number of phenolic OH excluding ortho intramolecular Hbond substituents is 1. The summed E-state index contributed by atoms with van der Waals surface area (Å²) < 4.78 is 0. The number of nitrogens with two attached hydrogens (primary N) is 1. The molecule has 0 unspecified atom stereocenters. The van der Waals surface area contributed by atoms with E-state index in [4.69, 9.17) is 27.5 Å². The van der Waals surface area contributed by atoms with Crippen LogP contribution in [0.25, 0.3) is 5.57 Å². The van der Waals surface area contributed by atoms with Gasteiger partial charge in [-0.25, -0.2) is 0 Å². The van der Waals surface area contributed by atoms with Crippen LogP contribution >= 0.6 is 11.6 Å². The van der Waals surface area contributed by atoms with Crippen molar-refractivity contribution < 1.29 is 10.2 Å². The first-order valence-corrected chi connectivity index (χ1v) is 4.86. The van der Waals surface area contributed by atoms with Gasteiger partial charge < -0.3 is 15.9 Å². The van der Waals surface area contributed by atoms with E-state index in [9.17, 15) is 0 Å². The maximum absolute atomic E-state index is 9.17. The highest BCUT2D eigenvalue weighted by molar-refractivity contribution is 6.32. The Morgan fingerprint density at radius 3 is 2.40 bits per heavy atom. The topological polar surface area (TPSA) is 66.5 Å². The van der Waals surface area contributed by atoms with Gasteiger partial charge in [-0.2, -0.15) is 0 Å². The van der Waals surface area contributed by atoms with Crippen LogP contribution in [0.1, 0.15) is 19.4 Å². The molecule has 0 bridgehead atoms. The molecule has 0 atom stereocenters. The van der Waals surface area contributed by atoms with E-state index in [1.807, 2.05) is 6.92 Å². The summed E-state index contributed by atoms with van der Waals surface area (Å²) in [7, 11) is 0. The molecule has 0 amide bonds. The lowest BCUT2D eigenvalue weighted by atomic mass is 10.1.